The molecule has 0 N–H and O–H groups in total. The second-order valence-electron chi connectivity index (χ2n) is 4.08. The number of benzene rings is 1. The SMILES string of the molecule is CN1CCN(C(=O)c2ccccc2Cl)CC1. The Balaban J connectivity index is 2.11. The van der Waals surface area contributed by atoms with Crippen LogP contribution in [0.4, 0.5) is 0 Å². The zero-order valence-corrected chi connectivity index (χ0v) is 10.1. The predicted molar refractivity (Wildman–Crippen MR) is 64.9 cm³/mol. The van der Waals surface area contributed by atoms with Gasteiger partial charge in [-0.1, -0.05) is 23.7 Å². The van der Waals surface area contributed by atoms with Gasteiger partial charge in [0.05, 0.1) is 10.6 Å². The Hall–Kier alpha value is -1.06. The summed E-state index contributed by atoms with van der Waals surface area (Å²) in [5.74, 6) is 0.0405. The predicted octanol–water partition coefficient (Wildman–Crippen LogP) is 1.73. The molecule has 3 nitrogen and oxygen atoms in total. The molecular weight excluding hydrogens is 224 g/mol. The smallest absolute Gasteiger partial charge is 0.255 e. The van der Waals surface area contributed by atoms with E-state index < -0.39 is 0 Å². The number of piperazine rings is 1. The van der Waals surface area contributed by atoms with Crippen molar-refractivity contribution in [2.75, 3.05) is 33.2 Å². The number of carbonyl (C=O) groups is 1. The number of amides is 1. The number of rotatable bonds is 1. The van der Waals surface area contributed by atoms with Crippen molar-refractivity contribution in [1.82, 2.24) is 9.80 Å². The minimum atomic E-state index is 0.0405. The highest BCUT2D eigenvalue weighted by Crippen LogP contribution is 2.17. The summed E-state index contributed by atoms with van der Waals surface area (Å²) in [6.45, 7) is 3.41. The highest BCUT2D eigenvalue weighted by Gasteiger charge is 2.21. The van der Waals surface area contributed by atoms with Crippen molar-refractivity contribution in [1.29, 1.82) is 0 Å². The van der Waals surface area contributed by atoms with Gasteiger partial charge in [-0.3, -0.25) is 4.79 Å². The van der Waals surface area contributed by atoms with Crippen LogP contribution in [-0.4, -0.2) is 48.9 Å². The summed E-state index contributed by atoms with van der Waals surface area (Å²) in [6, 6.07) is 7.21. The fraction of sp³-hybridized carbons (Fsp3) is 0.417. The standard InChI is InChI=1S/C12H15ClN2O/c1-14-6-8-15(9-7-14)12(16)10-4-2-3-5-11(10)13/h2-5H,6-9H2,1H3. The van der Waals surface area contributed by atoms with Gasteiger partial charge in [0.15, 0.2) is 0 Å². The quantitative estimate of drug-likeness (QED) is 0.744. The van der Waals surface area contributed by atoms with Gasteiger partial charge in [0.2, 0.25) is 0 Å². The molecule has 1 aliphatic rings. The summed E-state index contributed by atoms with van der Waals surface area (Å²) in [4.78, 5) is 16.2. The lowest BCUT2D eigenvalue weighted by atomic mass is 10.2. The fourth-order valence-electron chi connectivity index (χ4n) is 1.81. The second kappa shape index (κ2) is 4.85. The van der Waals surface area contributed by atoms with E-state index in [0.717, 1.165) is 26.2 Å². The van der Waals surface area contributed by atoms with E-state index in [4.69, 9.17) is 11.6 Å². The van der Waals surface area contributed by atoms with Crippen LogP contribution < -0.4 is 0 Å². The van der Waals surface area contributed by atoms with Crippen LogP contribution >= 0.6 is 11.6 Å². The normalized spacial score (nSPS) is 17.5. The number of likely N-dealkylation sites (N-methyl/N-ethyl adjacent to an activating group) is 1. The Kier molecular flexibility index (Phi) is 3.46. The number of carbonyl (C=O) groups excluding carboxylic acids is 1. The van der Waals surface area contributed by atoms with E-state index >= 15 is 0 Å². The first kappa shape index (κ1) is 11.4. The van der Waals surface area contributed by atoms with Crippen LogP contribution in [0.1, 0.15) is 10.4 Å². The molecule has 0 atom stereocenters. The molecule has 0 bridgehead atoms. The largest absolute Gasteiger partial charge is 0.336 e. The average Bonchev–Trinajstić information content (AvgIpc) is 2.30. The van der Waals surface area contributed by atoms with Crippen LogP contribution in [0.15, 0.2) is 24.3 Å². The summed E-state index contributed by atoms with van der Waals surface area (Å²) in [7, 11) is 2.07. The highest BCUT2D eigenvalue weighted by atomic mass is 35.5. The lowest BCUT2D eigenvalue weighted by Crippen LogP contribution is -2.47. The van der Waals surface area contributed by atoms with Gasteiger partial charge < -0.3 is 9.80 Å². The van der Waals surface area contributed by atoms with E-state index in [-0.39, 0.29) is 5.91 Å². The first-order valence-corrected chi connectivity index (χ1v) is 5.78. The lowest BCUT2D eigenvalue weighted by Gasteiger charge is -2.32. The van der Waals surface area contributed by atoms with Gasteiger partial charge in [-0.2, -0.15) is 0 Å². The monoisotopic (exact) mass is 238 g/mol. The van der Waals surface area contributed by atoms with Crippen LogP contribution in [0.3, 0.4) is 0 Å². The van der Waals surface area contributed by atoms with Gasteiger partial charge in [0, 0.05) is 26.2 Å². The first-order valence-electron chi connectivity index (χ1n) is 5.41. The molecule has 1 aromatic rings. The molecule has 16 heavy (non-hydrogen) atoms. The molecule has 86 valence electrons. The van der Waals surface area contributed by atoms with Gasteiger partial charge in [0.25, 0.3) is 5.91 Å². The molecule has 0 aromatic heterocycles. The Bertz CT molecular complexity index is 386. The van der Waals surface area contributed by atoms with Crippen molar-refractivity contribution in [3.63, 3.8) is 0 Å². The van der Waals surface area contributed by atoms with Crippen molar-refractivity contribution in [3.05, 3.63) is 34.9 Å². The van der Waals surface area contributed by atoms with Crippen molar-refractivity contribution in [3.8, 4) is 0 Å². The van der Waals surface area contributed by atoms with Gasteiger partial charge in [-0.15, -0.1) is 0 Å². The number of nitrogens with zero attached hydrogens (tertiary/aromatic N) is 2. The third-order valence-corrected chi connectivity index (χ3v) is 3.22. The minimum Gasteiger partial charge on any atom is -0.336 e. The van der Waals surface area contributed by atoms with Crippen molar-refractivity contribution in [2.45, 2.75) is 0 Å². The van der Waals surface area contributed by atoms with E-state index in [2.05, 4.69) is 11.9 Å². The highest BCUT2D eigenvalue weighted by molar-refractivity contribution is 6.33. The molecule has 1 aliphatic heterocycles. The molecule has 4 heteroatoms. The molecule has 0 saturated carbocycles. The Morgan fingerprint density at radius 1 is 1.19 bits per heavy atom. The number of hydrogen-bond acceptors (Lipinski definition) is 2. The summed E-state index contributed by atoms with van der Waals surface area (Å²) >= 11 is 6.01. The van der Waals surface area contributed by atoms with Gasteiger partial charge >= 0.3 is 0 Å². The molecule has 1 aromatic carbocycles. The summed E-state index contributed by atoms with van der Waals surface area (Å²) in [5.41, 5.74) is 0.605. The molecule has 0 spiro atoms. The van der Waals surface area contributed by atoms with E-state index in [1.807, 2.05) is 17.0 Å². The molecular formula is C12H15ClN2O. The summed E-state index contributed by atoms with van der Waals surface area (Å²) in [5, 5.41) is 0.534. The molecule has 0 aliphatic carbocycles. The third-order valence-electron chi connectivity index (χ3n) is 2.89. The van der Waals surface area contributed by atoms with Crippen molar-refractivity contribution in [2.24, 2.45) is 0 Å². The van der Waals surface area contributed by atoms with Crippen LogP contribution in [0.25, 0.3) is 0 Å². The molecule has 2 rings (SSSR count). The maximum absolute atomic E-state index is 12.2. The molecule has 1 amide bonds. The summed E-state index contributed by atoms with van der Waals surface area (Å²) < 4.78 is 0. The molecule has 0 unspecified atom stereocenters. The fourth-order valence-corrected chi connectivity index (χ4v) is 2.03. The van der Waals surface area contributed by atoms with E-state index in [9.17, 15) is 4.79 Å². The van der Waals surface area contributed by atoms with Gasteiger partial charge in [-0.05, 0) is 19.2 Å². The van der Waals surface area contributed by atoms with Crippen LogP contribution in [0.5, 0.6) is 0 Å². The number of hydrogen-bond donors (Lipinski definition) is 0. The number of halogens is 1. The zero-order chi connectivity index (χ0) is 11.5. The summed E-state index contributed by atoms with van der Waals surface area (Å²) in [6.07, 6.45) is 0. The third kappa shape index (κ3) is 2.36. The Labute approximate surface area is 101 Å². The van der Waals surface area contributed by atoms with Gasteiger partial charge in [-0.25, -0.2) is 0 Å². The Morgan fingerprint density at radius 2 is 1.81 bits per heavy atom. The van der Waals surface area contributed by atoms with Gasteiger partial charge in [0.1, 0.15) is 0 Å². The average molecular weight is 239 g/mol. The first-order chi connectivity index (χ1) is 7.68. The lowest BCUT2D eigenvalue weighted by molar-refractivity contribution is 0.0664. The molecule has 1 heterocycles. The van der Waals surface area contributed by atoms with Crippen molar-refractivity contribution >= 4 is 17.5 Å². The molecule has 0 radical (unpaired) electrons. The van der Waals surface area contributed by atoms with Crippen LogP contribution in [0.2, 0.25) is 5.02 Å². The second-order valence-corrected chi connectivity index (χ2v) is 4.48. The van der Waals surface area contributed by atoms with Crippen molar-refractivity contribution < 1.29 is 4.79 Å². The molecule has 1 saturated heterocycles. The van der Waals surface area contributed by atoms with E-state index in [1.54, 1.807) is 12.1 Å². The molecule has 1 fully saturated rings. The van der Waals surface area contributed by atoms with E-state index in [1.165, 1.54) is 0 Å². The minimum absolute atomic E-state index is 0.0405. The van der Waals surface area contributed by atoms with Crippen LogP contribution in [-0.2, 0) is 0 Å². The topological polar surface area (TPSA) is 23.6 Å². The Morgan fingerprint density at radius 3 is 2.44 bits per heavy atom. The maximum atomic E-state index is 12.2. The van der Waals surface area contributed by atoms with Crippen LogP contribution in [0, 0.1) is 0 Å². The maximum Gasteiger partial charge on any atom is 0.255 e. The zero-order valence-electron chi connectivity index (χ0n) is 9.32. The van der Waals surface area contributed by atoms with E-state index in [0.29, 0.717) is 10.6 Å².